The van der Waals surface area contributed by atoms with Crippen LogP contribution in [0.4, 0.5) is 4.39 Å². The van der Waals surface area contributed by atoms with Crippen molar-refractivity contribution in [1.82, 2.24) is 0 Å². The Morgan fingerprint density at radius 2 is 1.94 bits per heavy atom. The summed E-state index contributed by atoms with van der Waals surface area (Å²) in [5.74, 6) is -0.444. The van der Waals surface area contributed by atoms with Crippen molar-refractivity contribution in [3.05, 3.63) is 29.6 Å². The summed E-state index contributed by atoms with van der Waals surface area (Å²) < 4.78 is 35.9. The third-order valence-electron chi connectivity index (χ3n) is 2.55. The number of sulfone groups is 1. The lowest BCUT2D eigenvalue weighted by Gasteiger charge is -2.22. The van der Waals surface area contributed by atoms with Gasteiger partial charge in [-0.2, -0.15) is 0 Å². The van der Waals surface area contributed by atoms with E-state index >= 15 is 0 Å². The maximum atomic E-state index is 13.0. The van der Waals surface area contributed by atoms with Gasteiger partial charge in [0.15, 0.2) is 9.84 Å². The van der Waals surface area contributed by atoms with Crippen LogP contribution in [0.1, 0.15) is 19.4 Å². The highest BCUT2D eigenvalue weighted by molar-refractivity contribution is 7.92. The summed E-state index contributed by atoms with van der Waals surface area (Å²) in [6, 6.07) is 3.62. The zero-order chi connectivity index (χ0) is 12.6. The van der Waals surface area contributed by atoms with Crippen LogP contribution in [-0.4, -0.2) is 24.9 Å². The van der Waals surface area contributed by atoms with Crippen molar-refractivity contribution in [2.75, 3.05) is 6.61 Å². The maximum absolute atomic E-state index is 13.0. The van der Waals surface area contributed by atoms with Gasteiger partial charge in [0.1, 0.15) is 5.82 Å². The summed E-state index contributed by atoms with van der Waals surface area (Å²) in [5, 5.41) is 9.06. The normalized spacial score (nSPS) is 12.8. The lowest BCUT2D eigenvalue weighted by Crippen LogP contribution is -2.35. The number of halogens is 1. The van der Waals surface area contributed by atoms with Crippen LogP contribution < -0.4 is 0 Å². The second-order valence-corrected chi connectivity index (χ2v) is 6.92. The molecule has 3 nitrogen and oxygen atoms in total. The number of aliphatic hydroxyl groups excluding tert-OH is 1. The van der Waals surface area contributed by atoms with Crippen molar-refractivity contribution in [3.63, 3.8) is 0 Å². The molecule has 0 bridgehead atoms. The van der Waals surface area contributed by atoms with Crippen LogP contribution in [0.2, 0.25) is 0 Å². The molecule has 1 aromatic carbocycles. The minimum Gasteiger partial charge on any atom is -0.395 e. The van der Waals surface area contributed by atoms with Crippen molar-refractivity contribution in [2.45, 2.75) is 30.4 Å². The van der Waals surface area contributed by atoms with Gasteiger partial charge in [-0.15, -0.1) is 0 Å². The summed E-state index contributed by atoms with van der Waals surface area (Å²) in [5.41, 5.74) is 0.273. The van der Waals surface area contributed by atoms with Crippen LogP contribution >= 0.6 is 0 Å². The first-order valence-electron chi connectivity index (χ1n) is 4.84. The number of rotatable bonds is 3. The smallest absolute Gasteiger partial charge is 0.185 e. The van der Waals surface area contributed by atoms with Crippen molar-refractivity contribution < 1.29 is 17.9 Å². The second-order valence-electron chi connectivity index (χ2n) is 4.33. The fraction of sp³-hybridized carbons (Fsp3) is 0.455. The molecule has 0 amide bonds. The Balaban J connectivity index is 3.34. The van der Waals surface area contributed by atoms with Crippen molar-refractivity contribution in [3.8, 4) is 0 Å². The molecule has 0 aliphatic rings. The first-order chi connectivity index (χ1) is 7.22. The van der Waals surface area contributed by atoms with Crippen molar-refractivity contribution in [1.29, 1.82) is 0 Å². The summed E-state index contributed by atoms with van der Waals surface area (Å²) in [4.78, 5) is 0.0328. The number of hydrogen-bond donors (Lipinski definition) is 1. The molecule has 0 saturated carbocycles. The number of aryl methyl sites for hydroxylation is 1. The molecular weight excluding hydrogens is 231 g/mol. The highest BCUT2D eigenvalue weighted by Gasteiger charge is 2.35. The van der Waals surface area contributed by atoms with Crippen LogP contribution in [0.3, 0.4) is 0 Å². The summed E-state index contributed by atoms with van der Waals surface area (Å²) in [6.07, 6.45) is 0. The van der Waals surface area contributed by atoms with E-state index in [4.69, 9.17) is 5.11 Å². The average Bonchev–Trinajstić information content (AvgIpc) is 2.21. The highest BCUT2D eigenvalue weighted by Crippen LogP contribution is 2.26. The van der Waals surface area contributed by atoms with E-state index in [1.807, 2.05) is 0 Å². The molecule has 0 spiro atoms. The summed E-state index contributed by atoms with van der Waals surface area (Å²) in [7, 11) is -3.64. The van der Waals surface area contributed by atoms with Gasteiger partial charge in [-0.1, -0.05) is 0 Å². The van der Waals surface area contributed by atoms with E-state index < -0.39 is 27.0 Å². The molecule has 0 aliphatic carbocycles. The van der Waals surface area contributed by atoms with E-state index in [9.17, 15) is 12.8 Å². The lowest BCUT2D eigenvalue weighted by atomic mass is 10.2. The first kappa shape index (κ1) is 13.1. The Labute approximate surface area is 94.8 Å². The lowest BCUT2D eigenvalue weighted by molar-refractivity contribution is 0.258. The van der Waals surface area contributed by atoms with Gasteiger partial charge in [0.25, 0.3) is 0 Å². The fourth-order valence-corrected chi connectivity index (χ4v) is 2.58. The fourth-order valence-electron chi connectivity index (χ4n) is 1.19. The van der Waals surface area contributed by atoms with Gasteiger partial charge in [0.05, 0.1) is 16.2 Å². The Morgan fingerprint density at radius 3 is 2.38 bits per heavy atom. The van der Waals surface area contributed by atoms with Gasteiger partial charge in [-0.05, 0) is 44.5 Å². The third kappa shape index (κ3) is 2.10. The van der Waals surface area contributed by atoms with Gasteiger partial charge in [-0.3, -0.25) is 0 Å². The number of hydrogen-bond acceptors (Lipinski definition) is 3. The predicted octanol–water partition coefficient (Wildman–Crippen LogP) is 1.68. The monoisotopic (exact) mass is 246 g/mol. The minimum absolute atomic E-state index is 0.0328. The molecule has 0 heterocycles. The third-order valence-corrected chi connectivity index (χ3v) is 5.01. The van der Waals surface area contributed by atoms with Gasteiger partial charge in [0.2, 0.25) is 0 Å². The van der Waals surface area contributed by atoms with E-state index in [0.29, 0.717) is 0 Å². The molecule has 0 unspecified atom stereocenters. The quantitative estimate of drug-likeness (QED) is 0.825. The van der Waals surface area contributed by atoms with Crippen LogP contribution in [0.15, 0.2) is 23.1 Å². The number of benzene rings is 1. The summed E-state index contributed by atoms with van der Waals surface area (Å²) in [6.45, 7) is 3.88. The van der Waals surface area contributed by atoms with E-state index in [2.05, 4.69) is 0 Å². The van der Waals surface area contributed by atoms with Gasteiger partial charge >= 0.3 is 0 Å². The minimum atomic E-state index is -3.64. The largest absolute Gasteiger partial charge is 0.395 e. The average molecular weight is 246 g/mol. The zero-order valence-electron chi connectivity index (χ0n) is 9.49. The standard InChI is InChI=1S/C11H15FO3S/c1-8-6-9(4-5-10(8)12)16(14,15)11(2,3)7-13/h4-6,13H,7H2,1-3H3. The topological polar surface area (TPSA) is 54.4 Å². The number of aliphatic hydroxyl groups is 1. The van der Waals surface area contributed by atoms with E-state index in [0.717, 1.165) is 6.07 Å². The zero-order valence-corrected chi connectivity index (χ0v) is 10.3. The first-order valence-corrected chi connectivity index (χ1v) is 6.32. The molecule has 1 rings (SSSR count). The van der Waals surface area contributed by atoms with E-state index in [1.54, 1.807) is 0 Å². The van der Waals surface area contributed by atoms with Crippen LogP contribution in [0.25, 0.3) is 0 Å². The van der Waals surface area contributed by atoms with Crippen molar-refractivity contribution in [2.24, 2.45) is 0 Å². The van der Waals surface area contributed by atoms with E-state index in [1.165, 1.54) is 32.9 Å². The van der Waals surface area contributed by atoms with Gasteiger partial charge < -0.3 is 5.11 Å². The second kappa shape index (κ2) is 4.14. The Bertz CT molecular complexity index is 492. The highest BCUT2D eigenvalue weighted by atomic mass is 32.2. The maximum Gasteiger partial charge on any atom is 0.185 e. The van der Waals surface area contributed by atoms with Crippen LogP contribution in [0.5, 0.6) is 0 Å². The molecule has 0 radical (unpaired) electrons. The van der Waals surface area contributed by atoms with E-state index in [-0.39, 0.29) is 10.5 Å². The summed E-state index contributed by atoms with van der Waals surface area (Å²) >= 11 is 0. The molecule has 16 heavy (non-hydrogen) atoms. The molecular formula is C11H15FO3S. The molecule has 0 saturated heterocycles. The molecule has 0 aliphatic heterocycles. The van der Waals surface area contributed by atoms with Crippen LogP contribution in [-0.2, 0) is 9.84 Å². The molecule has 0 atom stereocenters. The Kier molecular flexibility index (Phi) is 3.40. The Morgan fingerprint density at radius 1 is 1.38 bits per heavy atom. The van der Waals surface area contributed by atoms with Gasteiger partial charge in [-0.25, -0.2) is 12.8 Å². The molecule has 5 heteroatoms. The molecule has 90 valence electrons. The van der Waals surface area contributed by atoms with Crippen LogP contribution in [0, 0.1) is 12.7 Å². The molecule has 0 fully saturated rings. The molecule has 0 aromatic heterocycles. The molecule has 1 N–H and O–H groups in total. The molecule has 1 aromatic rings. The SMILES string of the molecule is Cc1cc(S(=O)(=O)C(C)(C)CO)ccc1F. The van der Waals surface area contributed by atoms with Crippen molar-refractivity contribution >= 4 is 9.84 Å². The Hall–Kier alpha value is -0.940. The predicted molar refractivity (Wildman–Crippen MR) is 59.5 cm³/mol. The van der Waals surface area contributed by atoms with Gasteiger partial charge in [0, 0.05) is 0 Å².